The average molecular weight is 901 g/mol. The third-order valence-electron chi connectivity index (χ3n) is 9.48. The van der Waals surface area contributed by atoms with Crippen molar-refractivity contribution in [3.63, 3.8) is 0 Å². The van der Waals surface area contributed by atoms with E-state index < -0.39 is 37.4 Å². The number of carbonyl (C=O) groups is 2. The van der Waals surface area contributed by atoms with E-state index in [9.17, 15) is 26.4 Å². The van der Waals surface area contributed by atoms with Crippen LogP contribution < -0.4 is 14.7 Å². The molecule has 0 saturated carbocycles. The smallest absolute Gasteiger partial charge is 0.333 e. The van der Waals surface area contributed by atoms with E-state index in [4.69, 9.17) is 34.7 Å². The number of benzene rings is 2. The van der Waals surface area contributed by atoms with Gasteiger partial charge < -0.3 is 9.47 Å². The number of esters is 2. The van der Waals surface area contributed by atoms with Gasteiger partial charge in [-0.2, -0.15) is 9.73 Å². The molecule has 20 heteroatoms. The third kappa shape index (κ3) is 11.2. The Morgan fingerprint density at radius 3 is 1.60 bits per heavy atom. The summed E-state index contributed by atoms with van der Waals surface area (Å²) in [7, 11) is -7.42. The highest BCUT2D eigenvalue weighted by Crippen LogP contribution is 2.30. The van der Waals surface area contributed by atoms with Gasteiger partial charge in [-0.1, -0.05) is 54.7 Å². The van der Waals surface area contributed by atoms with Crippen LogP contribution in [0.2, 0.25) is 0 Å². The van der Waals surface area contributed by atoms with Crippen molar-refractivity contribution in [2.75, 3.05) is 34.2 Å². The fraction of sp³-hybridized carbons (Fsp3) is 0.372. The molecule has 334 valence electrons. The highest BCUT2D eigenvalue weighted by Gasteiger charge is 2.28. The molecule has 0 atom stereocenters. The predicted octanol–water partition coefficient (Wildman–Crippen LogP) is 5.47. The van der Waals surface area contributed by atoms with Crippen molar-refractivity contribution < 1.29 is 35.9 Å². The Morgan fingerprint density at radius 2 is 1.16 bits per heavy atom. The number of carbonyl (C=O) groups excluding carboxylic acids is 2. The second-order valence-electron chi connectivity index (χ2n) is 17.3. The molecule has 0 aliphatic heterocycles. The summed E-state index contributed by atoms with van der Waals surface area (Å²) < 4.78 is 69.0. The Balaban J connectivity index is 1.26. The van der Waals surface area contributed by atoms with Crippen LogP contribution in [0.25, 0.3) is 40.1 Å². The minimum absolute atomic E-state index is 0.0433. The summed E-state index contributed by atoms with van der Waals surface area (Å²) in [4.78, 5) is 33.0. The normalized spacial score (nSPS) is 12.8. The Labute approximate surface area is 366 Å². The standard InChI is InChI=1S/C43H52N10O8S2/c1-26(2)40(54)60-21-11-23-62(56,57)50-30-17-13-28(14-18-30)36-44-38-32(34(42(5,6)7)46-52(38)48-36)25-33-35(43(8,9)10)47-53-39(33)45-37(49-53)29-15-19-31(20-16-29)51-63(58,59)24-12-22-61-41(55)27(3)4/h13-20,25,46,50-51H,1,3,11-12,21-24H2,2,4-10H3. The molecule has 0 amide bonds. The van der Waals surface area contributed by atoms with Crippen LogP contribution in [0.4, 0.5) is 11.4 Å². The van der Waals surface area contributed by atoms with E-state index in [0.29, 0.717) is 45.4 Å². The van der Waals surface area contributed by atoms with E-state index in [0.717, 1.165) is 22.2 Å². The molecule has 2 aromatic carbocycles. The van der Waals surface area contributed by atoms with Crippen molar-refractivity contribution in [1.29, 1.82) is 0 Å². The molecule has 0 bridgehead atoms. The van der Waals surface area contributed by atoms with Crippen LogP contribution in [0, 0.1) is 0 Å². The molecule has 0 unspecified atom stereocenters. The molecule has 4 heterocycles. The van der Waals surface area contributed by atoms with Gasteiger partial charge in [0.1, 0.15) is 0 Å². The molecule has 0 fully saturated rings. The maximum atomic E-state index is 12.7. The van der Waals surface area contributed by atoms with Crippen LogP contribution in [-0.4, -0.2) is 93.1 Å². The zero-order chi connectivity index (χ0) is 46.1. The first-order valence-corrected chi connectivity index (χ1v) is 23.4. The van der Waals surface area contributed by atoms with Crippen molar-refractivity contribution in [2.45, 2.75) is 79.1 Å². The lowest BCUT2D eigenvalue weighted by Crippen LogP contribution is -2.22. The second kappa shape index (κ2) is 17.8. The highest BCUT2D eigenvalue weighted by atomic mass is 32.2. The molecule has 3 N–H and O–H groups in total. The van der Waals surface area contributed by atoms with Crippen LogP contribution >= 0.6 is 0 Å². The van der Waals surface area contributed by atoms with E-state index >= 15 is 0 Å². The molecule has 6 rings (SSSR count). The summed E-state index contributed by atoms with van der Waals surface area (Å²) in [5, 5.41) is 18.5. The summed E-state index contributed by atoms with van der Waals surface area (Å²) in [5.74, 6) is -0.814. The van der Waals surface area contributed by atoms with Gasteiger partial charge in [-0.25, -0.2) is 36.4 Å². The fourth-order valence-corrected chi connectivity index (χ4v) is 8.52. The van der Waals surface area contributed by atoms with Crippen molar-refractivity contribution in [3.05, 3.63) is 95.0 Å². The lowest BCUT2D eigenvalue weighted by atomic mass is 9.88. The van der Waals surface area contributed by atoms with Crippen LogP contribution in [0.1, 0.15) is 85.2 Å². The molecule has 0 radical (unpaired) electrons. The van der Waals surface area contributed by atoms with Crippen molar-refractivity contribution in [3.8, 4) is 22.8 Å². The number of nitrogens with zero attached hydrogens (tertiary/aromatic N) is 7. The van der Waals surface area contributed by atoms with Crippen molar-refractivity contribution in [2.24, 2.45) is 0 Å². The van der Waals surface area contributed by atoms with Gasteiger partial charge in [0.15, 0.2) is 22.9 Å². The van der Waals surface area contributed by atoms with E-state index in [1.54, 1.807) is 53.2 Å². The number of nitrogens with one attached hydrogen (secondary N) is 3. The zero-order valence-corrected chi connectivity index (χ0v) is 38.2. The molecule has 63 heavy (non-hydrogen) atoms. The van der Waals surface area contributed by atoms with Crippen LogP contribution in [0.15, 0.2) is 72.8 Å². The van der Waals surface area contributed by atoms with E-state index in [-0.39, 0.29) is 54.1 Å². The third-order valence-corrected chi connectivity index (χ3v) is 12.2. The van der Waals surface area contributed by atoms with Crippen LogP contribution in [0.5, 0.6) is 0 Å². The van der Waals surface area contributed by atoms with Crippen LogP contribution in [-0.2, 0) is 49.9 Å². The number of ether oxygens (including phenoxy) is 2. The molecule has 0 spiro atoms. The lowest BCUT2D eigenvalue weighted by molar-refractivity contribution is -0.139. The van der Waals surface area contributed by atoms with E-state index in [1.807, 2.05) is 6.08 Å². The molecule has 0 aliphatic carbocycles. The monoisotopic (exact) mass is 900 g/mol. The number of H-pyrrole nitrogens is 1. The minimum Gasteiger partial charge on any atom is -0.462 e. The maximum Gasteiger partial charge on any atom is 0.333 e. The Morgan fingerprint density at radius 1 is 0.698 bits per heavy atom. The molecular weight excluding hydrogens is 849 g/mol. The highest BCUT2D eigenvalue weighted by molar-refractivity contribution is 7.92. The Kier molecular flexibility index (Phi) is 13.0. The van der Waals surface area contributed by atoms with Crippen molar-refractivity contribution >= 4 is 60.7 Å². The number of sulfonamides is 2. The number of aromatic nitrogens is 8. The number of aromatic amines is 1. The zero-order valence-electron chi connectivity index (χ0n) is 36.6. The first-order chi connectivity index (χ1) is 29.4. The number of anilines is 2. The minimum atomic E-state index is -3.71. The molecule has 18 nitrogen and oxygen atoms in total. The van der Waals surface area contributed by atoms with Gasteiger partial charge in [-0.15, -0.1) is 14.8 Å². The number of hydrogen-bond donors (Lipinski definition) is 3. The lowest BCUT2D eigenvalue weighted by Gasteiger charge is -2.18. The summed E-state index contributed by atoms with van der Waals surface area (Å²) in [6.45, 7) is 22.4. The summed E-state index contributed by atoms with van der Waals surface area (Å²) in [6.07, 6.45) is 2.25. The van der Waals surface area contributed by atoms with Gasteiger partial charge >= 0.3 is 11.9 Å². The van der Waals surface area contributed by atoms with Gasteiger partial charge in [0.2, 0.25) is 20.0 Å². The number of fused-ring (bicyclic) bond motifs is 2. The summed E-state index contributed by atoms with van der Waals surface area (Å²) in [5.41, 5.74) is 5.17. The van der Waals surface area contributed by atoms with Gasteiger partial charge in [0.25, 0.3) is 0 Å². The number of rotatable bonds is 17. The number of hydrogen-bond acceptors (Lipinski definition) is 13. The van der Waals surface area contributed by atoms with Gasteiger partial charge in [-0.05, 0) is 81.3 Å². The quantitative estimate of drug-likeness (QED) is 0.0586. The summed E-state index contributed by atoms with van der Waals surface area (Å²) in [6, 6.07) is 13.4. The second-order valence-corrected chi connectivity index (χ2v) is 20.9. The first kappa shape index (κ1) is 46.1. The Bertz CT molecular complexity index is 2990. The fourth-order valence-electron chi connectivity index (χ4n) is 6.33. The average Bonchev–Trinajstić information content (AvgIpc) is 3.96. The predicted molar refractivity (Wildman–Crippen MR) is 241 cm³/mol. The molecule has 0 aliphatic rings. The molecule has 0 saturated heterocycles. The topological polar surface area (TPSA) is 234 Å². The summed E-state index contributed by atoms with van der Waals surface area (Å²) >= 11 is 0. The van der Waals surface area contributed by atoms with Gasteiger partial charge in [-0.3, -0.25) is 14.5 Å². The SMILES string of the molecule is C=C(C)C(=O)OCCCS(=O)(=O)Nc1ccc(-c2nc3c(=Cc4c(C(C)(C)C)[nH]n5nc(-c6ccc(NS(=O)(=O)CCCOC(=O)C(=C)C)cc6)nc45)c(C(C)(C)C)nn3n2)cc1. The molecule has 4 aromatic heterocycles. The van der Waals surface area contributed by atoms with Gasteiger partial charge in [0, 0.05) is 55.3 Å². The Hall–Kier alpha value is -6.41. The van der Waals surface area contributed by atoms with Crippen LogP contribution in [0.3, 0.4) is 0 Å². The van der Waals surface area contributed by atoms with E-state index in [1.165, 1.54) is 18.5 Å². The molecule has 6 aromatic rings. The van der Waals surface area contributed by atoms with Crippen molar-refractivity contribution in [1.82, 2.24) is 39.6 Å². The molecular formula is C43H52N10O8S2. The van der Waals surface area contributed by atoms with Gasteiger partial charge in [0.05, 0.1) is 36.1 Å². The first-order valence-electron chi connectivity index (χ1n) is 20.1. The largest absolute Gasteiger partial charge is 0.462 e. The van der Waals surface area contributed by atoms with E-state index in [2.05, 4.69) is 69.2 Å². The maximum absolute atomic E-state index is 12.7.